The van der Waals surface area contributed by atoms with E-state index in [-0.39, 0.29) is 30.2 Å². The number of hydrogen-bond donors (Lipinski definition) is 1. The van der Waals surface area contributed by atoms with Crippen LogP contribution in [0.2, 0.25) is 0 Å². The van der Waals surface area contributed by atoms with Crippen molar-refractivity contribution in [3.63, 3.8) is 0 Å². The molecule has 1 aromatic rings. The fraction of sp³-hybridized carbons (Fsp3) is 0.571. The van der Waals surface area contributed by atoms with Gasteiger partial charge in [-0.05, 0) is 43.7 Å². The van der Waals surface area contributed by atoms with Crippen LogP contribution in [0.1, 0.15) is 36.0 Å². The summed E-state index contributed by atoms with van der Waals surface area (Å²) < 4.78 is 4.93. The first-order valence-corrected chi connectivity index (χ1v) is 10.0. The fourth-order valence-electron chi connectivity index (χ4n) is 4.03. The maximum Gasteiger partial charge on any atom is 0.251 e. The van der Waals surface area contributed by atoms with Crippen molar-refractivity contribution in [2.75, 3.05) is 39.9 Å². The van der Waals surface area contributed by atoms with Crippen molar-refractivity contribution in [3.05, 3.63) is 35.9 Å². The minimum absolute atomic E-state index is 0.00319. The van der Waals surface area contributed by atoms with Crippen molar-refractivity contribution in [1.29, 1.82) is 0 Å². The highest BCUT2D eigenvalue weighted by molar-refractivity contribution is 5.97. The number of amides is 3. The van der Waals surface area contributed by atoms with Crippen LogP contribution in [0.3, 0.4) is 0 Å². The van der Waals surface area contributed by atoms with Gasteiger partial charge >= 0.3 is 0 Å². The molecule has 0 spiro atoms. The van der Waals surface area contributed by atoms with E-state index in [0.29, 0.717) is 31.5 Å². The molecule has 1 aromatic carbocycles. The molecular weight excluding hydrogens is 358 g/mol. The third-order valence-corrected chi connectivity index (χ3v) is 5.64. The first-order chi connectivity index (χ1) is 13.6. The maximum absolute atomic E-state index is 13.1. The molecule has 1 N–H and O–H groups in total. The van der Waals surface area contributed by atoms with Gasteiger partial charge in [0.15, 0.2) is 0 Å². The summed E-state index contributed by atoms with van der Waals surface area (Å²) in [5.41, 5.74) is 0.550. The number of hydrogen-bond acceptors (Lipinski definition) is 4. The van der Waals surface area contributed by atoms with E-state index < -0.39 is 6.04 Å². The minimum atomic E-state index is -0.550. The molecular formula is C21H29N3O4. The monoisotopic (exact) mass is 387 g/mol. The van der Waals surface area contributed by atoms with E-state index in [2.05, 4.69) is 5.32 Å². The molecule has 0 aromatic heterocycles. The van der Waals surface area contributed by atoms with Crippen molar-refractivity contribution < 1.29 is 19.1 Å². The molecule has 152 valence electrons. The average Bonchev–Trinajstić information content (AvgIpc) is 3.27. The van der Waals surface area contributed by atoms with E-state index in [1.54, 1.807) is 17.0 Å². The van der Waals surface area contributed by atoms with Gasteiger partial charge in [0.1, 0.15) is 12.6 Å². The lowest BCUT2D eigenvalue weighted by molar-refractivity contribution is -0.137. The van der Waals surface area contributed by atoms with Crippen molar-refractivity contribution >= 4 is 17.7 Å². The minimum Gasteiger partial charge on any atom is -0.375 e. The van der Waals surface area contributed by atoms with E-state index in [4.69, 9.17) is 4.74 Å². The summed E-state index contributed by atoms with van der Waals surface area (Å²) in [5, 5.41) is 2.99. The number of methoxy groups -OCH3 is 1. The first-order valence-electron chi connectivity index (χ1n) is 10.0. The highest BCUT2D eigenvalue weighted by Crippen LogP contribution is 2.24. The molecule has 0 radical (unpaired) electrons. The summed E-state index contributed by atoms with van der Waals surface area (Å²) in [5.74, 6) is -0.233. The van der Waals surface area contributed by atoms with Crippen LogP contribution in [0, 0.1) is 5.92 Å². The van der Waals surface area contributed by atoms with Gasteiger partial charge in [0.2, 0.25) is 11.8 Å². The van der Waals surface area contributed by atoms with Crippen LogP contribution >= 0.6 is 0 Å². The van der Waals surface area contributed by atoms with Crippen LogP contribution in [-0.4, -0.2) is 73.5 Å². The van der Waals surface area contributed by atoms with Crippen LogP contribution in [0.4, 0.5) is 0 Å². The first kappa shape index (κ1) is 20.3. The summed E-state index contributed by atoms with van der Waals surface area (Å²) in [6.45, 7) is 2.74. The fourth-order valence-corrected chi connectivity index (χ4v) is 4.03. The Hall–Kier alpha value is -2.41. The summed E-state index contributed by atoms with van der Waals surface area (Å²) >= 11 is 0. The second-order valence-corrected chi connectivity index (χ2v) is 7.50. The third kappa shape index (κ3) is 4.90. The van der Waals surface area contributed by atoms with Gasteiger partial charge < -0.3 is 19.9 Å². The van der Waals surface area contributed by atoms with Gasteiger partial charge in [-0.3, -0.25) is 14.4 Å². The Labute approximate surface area is 166 Å². The molecule has 2 heterocycles. The zero-order valence-electron chi connectivity index (χ0n) is 16.4. The summed E-state index contributed by atoms with van der Waals surface area (Å²) in [6, 6.07) is 8.43. The zero-order valence-corrected chi connectivity index (χ0v) is 16.4. The van der Waals surface area contributed by atoms with Crippen LogP contribution in [0.25, 0.3) is 0 Å². The number of carbonyl (C=O) groups is 3. The largest absolute Gasteiger partial charge is 0.375 e. The number of nitrogens with one attached hydrogen (secondary N) is 1. The normalized spacial score (nSPS) is 18.8. The van der Waals surface area contributed by atoms with E-state index in [9.17, 15) is 14.4 Å². The molecule has 7 nitrogen and oxygen atoms in total. The Morgan fingerprint density at radius 2 is 1.68 bits per heavy atom. The molecule has 3 amide bonds. The molecule has 28 heavy (non-hydrogen) atoms. The van der Waals surface area contributed by atoms with Crippen molar-refractivity contribution in [3.8, 4) is 0 Å². The number of rotatable bonds is 6. The topological polar surface area (TPSA) is 79.0 Å². The quantitative estimate of drug-likeness (QED) is 0.798. The molecule has 3 rings (SSSR count). The highest BCUT2D eigenvalue weighted by atomic mass is 16.5. The summed E-state index contributed by atoms with van der Waals surface area (Å²) in [4.78, 5) is 41.5. The molecule has 1 atom stereocenters. The van der Waals surface area contributed by atoms with Crippen LogP contribution in [0.5, 0.6) is 0 Å². The highest BCUT2D eigenvalue weighted by Gasteiger charge is 2.36. The number of benzene rings is 1. The third-order valence-electron chi connectivity index (χ3n) is 5.64. The summed E-state index contributed by atoms with van der Waals surface area (Å²) in [6.07, 6.45) is 3.40. The van der Waals surface area contributed by atoms with E-state index in [0.717, 1.165) is 25.9 Å². The summed E-state index contributed by atoms with van der Waals surface area (Å²) in [7, 11) is 1.51. The predicted octanol–water partition coefficient (Wildman–Crippen LogP) is 1.29. The Bertz CT molecular complexity index is 680. The van der Waals surface area contributed by atoms with E-state index in [1.807, 2.05) is 23.1 Å². The molecule has 2 aliphatic rings. The Balaban J connectivity index is 1.69. The molecule has 0 saturated carbocycles. The van der Waals surface area contributed by atoms with Gasteiger partial charge in [0.25, 0.3) is 5.91 Å². The van der Waals surface area contributed by atoms with Gasteiger partial charge in [0.05, 0.1) is 0 Å². The average molecular weight is 387 g/mol. The molecule has 2 fully saturated rings. The Kier molecular flexibility index (Phi) is 7.03. The number of piperidine rings is 1. The van der Waals surface area contributed by atoms with Crippen molar-refractivity contribution in [1.82, 2.24) is 15.1 Å². The lowest BCUT2D eigenvalue weighted by atomic mass is 9.88. The SMILES string of the molecule is COCC(=O)N1CCC(C(NC(=O)c2ccccc2)C(=O)N2CCCC2)CC1. The number of likely N-dealkylation sites (tertiary alicyclic amines) is 2. The lowest BCUT2D eigenvalue weighted by Gasteiger charge is -2.37. The van der Waals surface area contributed by atoms with Crippen LogP contribution < -0.4 is 5.32 Å². The van der Waals surface area contributed by atoms with E-state index in [1.165, 1.54) is 7.11 Å². The van der Waals surface area contributed by atoms with Crippen LogP contribution in [-0.2, 0) is 14.3 Å². The van der Waals surface area contributed by atoms with Gasteiger partial charge in [-0.25, -0.2) is 0 Å². The molecule has 0 aliphatic carbocycles. The second-order valence-electron chi connectivity index (χ2n) is 7.50. The molecule has 2 saturated heterocycles. The van der Waals surface area contributed by atoms with E-state index >= 15 is 0 Å². The Morgan fingerprint density at radius 1 is 1.04 bits per heavy atom. The standard InChI is InChI=1S/C21H29N3O4/c1-28-15-18(25)23-13-9-16(10-14-23)19(21(27)24-11-5-6-12-24)22-20(26)17-7-3-2-4-8-17/h2-4,7-8,16,19H,5-6,9-15H2,1H3,(H,22,26). The lowest BCUT2D eigenvalue weighted by Crippen LogP contribution is -2.54. The molecule has 0 bridgehead atoms. The number of ether oxygens (including phenoxy) is 1. The Morgan fingerprint density at radius 3 is 2.29 bits per heavy atom. The maximum atomic E-state index is 13.1. The van der Waals surface area contributed by atoms with Crippen molar-refractivity contribution in [2.45, 2.75) is 31.7 Å². The second kappa shape index (κ2) is 9.68. The zero-order chi connectivity index (χ0) is 19.9. The van der Waals surface area contributed by atoms with Gasteiger partial charge in [0, 0.05) is 38.9 Å². The number of carbonyl (C=O) groups excluding carboxylic acids is 3. The molecule has 1 unspecified atom stereocenters. The predicted molar refractivity (Wildman–Crippen MR) is 105 cm³/mol. The number of nitrogens with zero attached hydrogens (tertiary/aromatic N) is 2. The molecule has 7 heteroatoms. The van der Waals surface area contributed by atoms with Crippen molar-refractivity contribution in [2.24, 2.45) is 5.92 Å². The van der Waals surface area contributed by atoms with Gasteiger partial charge in [-0.1, -0.05) is 18.2 Å². The van der Waals surface area contributed by atoms with Crippen LogP contribution in [0.15, 0.2) is 30.3 Å². The van der Waals surface area contributed by atoms with Gasteiger partial charge in [-0.2, -0.15) is 0 Å². The smallest absolute Gasteiger partial charge is 0.251 e. The molecule has 2 aliphatic heterocycles. The van der Waals surface area contributed by atoms with Gasteiger partial charge in [-0.15, -0.1) is 0 Å².